The van der Waals surface area contributed by atoms with E-state index < -0.39 is 0 Å². The fourth-order valence-corrected chi connectivity index (χ4v) is 4.19. The Balaban J connectivity index is 1.64. The van der Waals surface area contributed by atoms with Crippen molar-refractivity contribution in [3.8, 4) is 0 Å². The second-order valence-corrected chi connectivity index (χ2v) is 9.57. The van der Waals surface area contributed by atoms with Crippen LogP contribution in [-0.4, -0.2) is 41.6 Å². The topological polar surface area (TPSA) is 98.6 Å². The van der Waals surface area contributed by atoms with E-state index in [0.29, 0.717) is 34.4 Å². The summed E-state index contributed by atoms with van der Waals surface area (Å²) in [6.07, 6.45) is 1.90. The molecule has 0 saturated carbocycles. The molecule has 166 valence electrons. The molecule has 0 bridgehead atoms. The quantitative estimate of drug-likeness (QED) is 0.453. The van der Waals surface area contributed by atoms with Gasteiger partial charge in [0.25, 0.3) is 0 Å². The molecule has 1 aliphatic rings. The second kappa shape index (κ2) is 7.81. The van der Waals surface area contributed by atoms with E-state index in [4.69, 9.17) is 26.1 Å². The van der Waals surface area contributed by atoms with E-state index in [9.17, 15) is 0 Å². The Kier molecular flexibility index (Phi) is 5.08. The molecule has 0 radical (unpaired) electrons. The van der Waals surface area contributed by atoms with Crippen LogP contribution in [0.3, 0.4) is 0 Å². The molecule has 3 aromatic heterocycles. The summed E-state index contributed by atoms with van der Waals surface area (Å²) in [5.41, 5.74) is 2.05. The first-order valence-electron chi connectivity index (χ1n) is 10.7. The van der Waals surface area contributed by atoms with Crippen LogP contribution in [0.5, 0.6) is 0 Å². The minimum Gasteiger partial charge on any atom is -0.343 e. The predicted molar refractivity (Wildman–Crippen MR) is 121 cm³/mol. The first-order valence-corrected chi connectivity index (χ1v) is 11.1. The summed E-state index contributed by atoms with van der Waals surface area (Å²) in [4.78, 5) is 16.5. The molecule has 5 rings (SSSR count). The van der Waals surface area contributed by atoms with Crippen molar-refractivity contribution in [3.63, 3.8) is 0 Å². The van der Waals surface area contributed by atoms with E-state index in [1.807, 2.05) is 31.2 Å². The van der Waals surface area contributed by atoms with Gasteiger partial charge < -0.3 is 9.42 Å². The Morgan fingerprint density at radius 1 is 1.16 bits per heavy atom. The molecule has 0 aliphatic carbocycles. The van der Waals surface area contributed by atoms with E-state index in [2.05, 4.69) is 46.1 Å². The number of nitrogens with zero attached hydrogens (tertiary/aromatic N) is 8. The third kappa shape index (κ3) is 3.70. The van der Waals surface area contributed by atoms with Gasteiger partial charge in [-0.1, -0.05) is 60.9 Å². The van der Waals surface area contributed by atoms with Crippen LogP contribution in [0.15, 0.2) is 28.8 Å². The average Bonchev–Trinajstić information content (AvgIpc) is 3.48. The highest BCUT2D eigenvalue weighted by atomic mass is 35.5. The number of fused-ring (bicyclic) bond motifs is 1. The van der Waals surface area contributed by atoms with Crippen molar-refractivity contribution in [2.45, 2.75) is 58.5 Å². The second-order valence-electron chi connectivity index (χ2n) is 9.16. The highest BCUT2D eigenvalue weighted by Gasteiger charge is 2.35. The van der Waals surface area contributed by atoms with Crippen LogP contribution in [-0.2, 0) is 12.0 Å². The van der Waals surface area contributed by atoms with Gasteiger partial charge in [0.1, 0.15) is 11.9 Å². The van der Waals surface area contributed by atoms with Crippen molar-refractivity contribution in [3.05, 3.63) is 52.4 Å². The lowest BCUT2D eigenvalue weighted by Gasteiger charge is -2.25. The normalized spacial score (nSPS) is 16.9. The Hall–Kier alpha value is -3.07. The Bertz CT molecular complexity index is 1270. The van der Waals surface area contributed by atoms with Gasteiger partial charge in [-0.25, -0.2) is 14.6 Å². The van der Waals surface area contributed by atoms with E-state index in [0.717, 1.165) is 36.6 Å². The molecule has 10 heteroatoms. The SMILES string of the molecule is Cc1noc(C2CCCN2c2nc(C(C)(C)C)nc3c2nnn3Cc2ccccc2Cl)n1. The van der Waals surface area contributed by atoms with Gasteiger partial charge in [-0.15, -0.1) is 5.10 Å². The van der Waals surface area contributed by atoms with Crippen LogP contribution >= 0.6 is 11.6 Å². The Labute approximate surface area is 190 Å². The third-order valence-electron chi connectivity index (χ3n) is 5.65. The molecule has 4 heterocycles. The van der Waals surface area contributed by atoms with Gasteiger partial charge in [-0.3, -0.25) is 0 Å². The largest absolute Gasteiger partial charge is 0.343 e. The molecule has 1 unspecified atom stereocenters. The summed E-state index contributed by atoms with van der Waals surface area (Å²) in [6.45, 7) is 9.42. The Morgan fingerprint density at radius 2 is 1.97 bits per heavy atom. The van der Waals surface area contributed by atoms with Crippen molar-refractivity contribution >= 4 is 28.6 Å². The van der Waals surface area contributed by atoms with E-state index in [-0.39, 0.29) is 11.5 Å². The molecule has 1 aliphatic heterocycles. The van der Waals surface area contributed by atoms with Gasteiger partial charge in [-0.05, 0) is 31.4 Å². The average molecular weight is 453 g/mol. The summed E-state index contributed by atoms with van der Waals surface area (Å²) in [6, 6.07) is 7.68. The van der Waals surface area contributed by atoms with Crippen LogP contribution in [0.1, 0.15) is 62.8 Å². The monoisotopic (exact) mass is 452 g/mol. The summed E-state index contributed by atoms with van der Waals surface area (Å²) in [7, 11) is 0. The molecule has 1 atom stereocenters. The molecule has 0 amide bonds. The first-order chi connectivity index (χ1) is 15.3. The van der Waals surface area contributed by atoms with Gasteiger partial charge in [0.2, 0.25) is 5.89 Å². The number of aromatic nitrogens is 7. The molecule has 1 fully saturated rings. The van der Waals surface area contributed by atoms with Crippen LogP contribution in [0.25, 0.3) is 11.2 Å². The maximum Gasteiger partial charge on any atom is 0.249 e. The summed E-state index contributed by atoms with van der Waals surface area (Å²) < 4.78 is 7.30. The first kappa shape index (κ1) is 20.8. The predicted octanol–water partition coefficient (Wildman–Crippen LogP) is 4.25. The van der Waals surface area contributed by atoms with E-state index in [1.54, 1.807) is 4.68 Å². The summed E-state index contributed by atoms with van der Waals surface area (Å²) >= 11 is 6.39. The van der Waals surface area contributed by atoms with E-state index >= 15 is 0 Å². The zero-order valence-electron chi connectivity index (χ0n) is 18.6. The number of hydrogen-bond acceptors (Lipinski definition) is 8. The maximum absolute atomic E-state index is 6.39. The van der Waals surface area contributed by atoms with Gasteiger partial charge >= 0.3 is 0 Å². The number of halogens is 1. The molecule has 9 nitrogen and oxygen atoms in total. The molecular formula is C22H25ClN8O. The lowest BCUT2D eigenvalue weighted by molar-refractivity contribution is 0.351. The zero-order valence-corrected chi connectivity index (χ0v) is 19.3. The van der Waals surface area contributed by atoms with Crippen LogP contribution in [0.4, 0.5) is 5.82 Å². The van der Waals surface area contributed by atoms with Crippen molar-refractivity contribution in [1.29, 1.82) is 0 Å². The molecular weight excluding hydrogens is 428 g/mol. The molecule has 0 N–H and O–H groups in total. The molecule has 1 aromatic carbocycles. The lowest BCUT2D eigenvalue weighted by Crippen LogP contribution is -2.26. The fourth-order valence-electron chi connectivity index (χ4n) is 4.00. The number of rotatable bonds is 4. The van der Waals surface area contributed by atoms with Crippen LogP contribution < -0.4 is 4.90 Å². The fraction of sp³-hybridized carbons (Fsp3) is 0.455. The smallest absolute Gasteiger partial charge is 0.249 e. The highest BCUT2D eigenvalue weighted by Crippen LogP contribution is 2.38. The minimum atomic E-state index is -0.251. The van der Waals surface area contributed by atoms with Crippen molar-refractivity contribution < 1.29 is 4.52 Å². The third-order valence-corrected chi connectivity index (χ3v) is 6.02. The van der Waals surface area contributed by atoms with Gasteiger partial charge in [0.05, 0.1) is 6.54 Å². The van der Waals surface area contributed by atoms with Crippen molar-refractivity contribution in [1.82, 2.24) is 35.1 Å². The molecule has 0 spiro atoms. The lowest BCUT2D eigenvalue weighted by atomic mass is 9.95. The van der Waals surface area contributed by atoms with Crippen molar-refractivity contribution in [2.24, 2.45) is 0 Å². The summed E-state index contributed by atoms with van der Waals surface area (Å²) in [5.74, 6) is 2.71. The van der Waals surface area contributed by atoms with Gasteiger partial charge in [-0.2, -0.15) is 4.98 Å². The number of anilines is 1. The number of aryl methyl sites for hydroxylation is 1. The highest BCUT2D eigenvalue weighted by molar-refractivity contribution is 6.31. The molecule has 32 heavy (non-hydrogen) atoms. The van der Waals surface area contributed by atoms with Crippen LogP contribution in [0, 0.1) is 6.92 Å². The Morgan fingerprint density at radius 3 is 2.69 bits per heavy atom. The standard InChI is InChI=1S/C22H25ClN8O/c1-13-24-20(32-28-13)16-10-7-11-30(16)18-17-19(26-21(25-18)22(2,3)4)31(29-27-17)12-14-8-5-6-9-15(14)23/h5-6,8-9,16H,7,10-12H2,1-4H3. The van der Waals surface area contributed by atoms with Crippen molar-refractivity contribution in [2.75, 3.05) is 11.4 Å². The minimum absolute atomic E-state index is 0.0455. The van der Waals surface area contributed by atoms with E-state index in [1.165, 1.54) is 0 Å². The molecule has 1 saturated heterocycles. The van der Waals surface area contributed by atoms with Gasteiger partial charge in [0.15, 0.2) is 22.8 Å². The van der Waals surface area contributed by atoms with Crippen LogP contribution in [0.2, 0.25) is 5.02 Å². The zero-order chi connectivity index (χ0) is 22.5. The van der Waals surface area contributed by atoms with Gasteiger partial charge in [0, 0.05) is 17.0 Å². The number of benzene rings is 1. The maximum atomic E-state index is 6.39. The summed E-state index contributed by atoms with van der Waals surface area (Å²) in [5, 5.41) is 13.6. The molecule has 4 aromatic rings. The number of hydrogen-bond donors (Lipinski definition) is 0.